The van der Waals surface area contributed by atoms with Crippen molar-refractivity contribution in [3.8, 4) is 0 Å². The van der Waals surface area contributed by atoms with E-state index in [4.69, 9.17) is 27.9 Å². The SMILES string of the molecule is CC[C@H]1CN(c2ccc(C(=O)NC3CC3)nc2C)CCN1C1CCN(C(=O)c2ccc(Cl)cc2)CC1.CC[C@H]1CN(c2ccc(C(=O)OC)nc2C)CCN1C1CCN(C(=O)c2ccc(Cl)cc2)CC1. The number of hydrogen-bond donors (Lipinski definition) is 1. The number of rotatable bonds is 11. The number of amides is 3. The van der Waals surface area contributed by atoms with Crippen LogP contribution in [0.15, 0.2) is 72.8 Å². The largest absolute Gasteiger partial charge is 0.464 e. The molecule has 374 valence electrons. The topological polar surface area (TPSA) is 135 Å². The van der Waals surface area contributed by atoms with E-state index in [9.17, 15) is 19.2 Å². The van der Waals surface area contributed by atoms with Crippen molar-refractivity contribution in [1.82, 2.24) is 34.9 Å². The second kappa shape index (κ2) is 23.3. The highest BCUT2D eigenvalue weighted by Crippen LogP contribution is 2.31. The first-order valence-corrected chi connectivity index (χ1v) is 26.0. The van der Waals surface area contributed by atoms with Gasteiger partial charge in [-0.25, -0.2) is 14.8 Å². The number of carbonyl (C=O) groups is 4. The van der Waals surface area contributed by atoms with Gasteiger partial charge in [0.05, 0.1) is 29.9 Å². The number of aromatic nitrogens is 2. The molecule has 0 radical (unpaired) electrons. The van der Waals surface area contributed by atoms with Gasteiger partial charge in [-0.1, -0.05) is 37.0 Å². The summed E-state index contributed by atoms with van der Waals surface area (Å²) in [6.45, 7) is 17.3. The maximum absolute atomic E-state index is 12.9. The number of nitrogens with one attached hydrogen (secondary N) is 1. The fourth-order valence-electron chi connectivity index (χ4n) is 10.8. The summed E-state index contributed by atoms with van der Waals surface area (Å²) in [4.78, 5) is 73.1. The van der Waals surface area contributed by atoms with Crippen molar-refractivity contribution >= 4 is 58.3 Å². The summed E-state index contributed by atoms with van der Waals surface area (Å²) in [5.41, 5.74) is 6.22. The van der Waals surface area contributed by atoms with Gasteiger partial charge in [-0.2, -0.15) is 0 Å². The number of benzene rings is 2. The lowest BCUT2D eigenvalue weighted by Gasteiger charge is -2.48. The van der Waals surface area contributed by atoms with E-state index < -0.39 is 5.97 Å². The molecule has 2 atom stereocenters. The molecular weight excluding hydrogens is 926 g/mol. The van der Waals surface area contributed by atoms with Gasteiger partial charge in [0.2, 0.25) is 0 Å². The first-order chi connectivity index (χ1) is 33.8. The number of piperazine rings is 2. The van der Waals surface area contributed by atoms with Gasteiger partial charge in [0.15, 0.2) is 0 Å². The number of esters is 1. The predicted octanol–water partition coefficient (Wildman–Crippen LogP) is 8.18. The third-order valence-corrected chi connectivity index (χ3v) is 15.5. The Morgan fingerprint density at radius 3 is 1.37 bits per heavy atom. The molecule has 2 aromatic carbocycles. The maximum Gasteiger partial charge on any atom is 0.356 e. The van der Waals surface area contributed by atoms with Gasteiger partial charge in [0, 0.05) is 117 Å². The molecule has 1 saturated carbocycles. The summed E-state index contributed by atoms with van der Waals surface area (Å²) in [6, 6.07) is 24.2. The van der Waals surface area contributed by atoms with Crippen molar-refractivity contribution in [1.29, 1.82) is 0 Å². The molecule has 5 fully saturated rings. The van der Waals surface area contributed by atoms with Gasteiger partial charge in [-0.15, -0.1) is 0 Å². The zero-order valence-corrected chi connectivity index (χ0v) is 42.9. The van der Waals surface area contributed by atoms with Gasteiger partial charge in [0.1, 0.15) is 11.4 Å². The van der Waals surface area contributed by atoms with E-state index in [-0.39, 0.29) is 17.7 Å². The van der Waals surface area contributed by atoms with Crippen molar-refractivity contribution in [2.45, 2.75) is 109 Å². The molecule has 0 unspecified atom stereocenters. The van der Waals surface area contributed by atoms with Crippen LogP contribution in [0.4, 0.5) is 11.4 Å². The Morgan fingerprint density at radius 2 is 0.986 bits per heavy atom. The van der Waals surface area contributed by atoms with E-state index in [1.54, 1.807) is 42.5 Å². The average Bonchev–Trinajstić information content (AvgIpc) is 4.22. The number of carbonyl (C=O) groups excluding carboxylic acids is 4. The molecule has 4 saturated heterocycles. The molecule has 16 heteroatoms. The molecule has 4 aromatic rings. The van der Waals surface area contributed by atoms with Crippen LogP contribution in [-0.4, -0.2) is 156 Å². The van der Waals surface area contributed by atoms with Crippen LogP contribution in [0.25, 0.3) is 0 Å². The summed E-state index contributed by atoms with van der Waals surface area (Å²) >= 11 is 11.9. The first kappa shape index (κ1) is 51.1. The van der Waals surface area contributed by atoms with Gasteiger partial charge in [-0.05, 0) is 138 Å². The fourth-order valence-corrected chi connectivity index (χ4v) is 11.1. The molecule has 70 heavy (non-hydrogen) atoms. The third kappa shape index (κ3) is 12.2. The highest BCUT2D eigenvalue weighted by Gasteiger charge is 2.37. The maximum atomic E-state index is 12.9. The summed E-state index contributed by atoms with van der Waals surface area (Å²) in [5, 5.41) is 4.32. The number of piperidine rings is 2. The monoisotopic (exact) mass is 993 g/mol. The molecule has 1 aliphatic carbocycles. The van der Waals surface area contributed by atoms with Crippen LogP contribution in [0, 0.1) is 13.8 Å². The minimum atomic E-state index is -0.410. The fraction of sp³-hybridized carbons (Fsp3) is 0.519. The molecular formula is C54H69Cl2N9O5. The Balaban J connectivity index is 0.000000189. The molecule has 0 bridgehead atoms. The number of nitrogens with zero attached hydrogens (tertiary/aromatic N) is 8. The molecule has 5 aliphatic rings. The van der Waals surface area contributed by atoms with Crippen molar-refractivity contribution < 1.29 is 23.9 Å². The second-order valence-corrected chi connectivity index (χ2v) is 20.3. The zero-order valence-electron chi connectivity index (χ0n) is 41.4. The van der Waals surface area contributed by atoms with E-state index in [0.29, 0.717) is 62.8 Å². The van der Waals surface area contributed by atoms with E-state index in [0.717, 1.165) is 140 Å². The highest BCUT2D eigenvalue weighted by atomic mass is 35.5. The summed E-state index contributed by atoms with van der Waals surface area (Å²) in [5.74, 6) is -0.291. The molecule has 6 heterocycles. The molecule has 14 nitrogen and oxygen atoms in total. The molecule has 0 spiro atoms. The van der Waals surface area contributed by atoms with Crippen molar-refractivity contribution in [3.05, 3.63) is 117 Å². The number of anilines is 2. The van der Waals surface area contributed by atoms with Crippen LogP contribution >= 0.6 is 23.2 Å². The Morgan fingerprint density at radius 1 is 0.571 bits per heavy atom. The lowest BCUT2D eigenvalue weighted by molar-refractivity contribution is 0.0486. The Bertz CT molecular complexity index is 2460. The molecule has 2 aromatic heterocycles. The van der Waals surface area contributed by atoms with Crippen LogP contribution in [0.3, 0.4) is 0 Å². The zero-order chi connectivity index (χ0) is 49.5. The number of aryl methyl sites for hydroxylation is 2. The number of halogens is 2. The number of methoxy groups -OCH3 is 1. The predicted molar refractivity (Wildman–Crippen MR) is 277 cm³/mol. The minimum absolute atomic E-state index is 0.0655. The molecule has 4 aliphatic heterocycles. The smallest absolute Gasteiger partial charge is 0.356 e. The minimum Gasteiger partial charge on any atom is -0.464 e. The summed E-state index contributed by atoms with van der Waals surface area (Å²) < 4.78 is 4.79. The van der Waals surface area contributed by atoms with E-state index >= 15 is 0 Å². The number of hydrogen-bond acceptors (Lipinski definition) is 11. The third-order valence-electron chi connectivity index (χ3n) is 15.0. The van der Waals surface area contributed by atoms with Crippen LogP contribution in [-0.2, 0) is 4.74 Å². The van der Waals surface area contributed by atoms with Crippen molar-refractivity contribution in [2.24, 2.45) is 0 Å². The normalized spacial score (nSPS) is 20.7. The van der Waals surface area contributed by atoms with Crippen LogP contribution in [0.5, 0.6) is 0 Å². The molecule has 3 amide bonds. The Hall–Kier alpha value is -5.28. The average molecular weight is 995 g/mol. The van der Waals surface area contributed by atoms with Crippen molar-refractivity contribution in [2.75, 3.05) is 82.4 Å². The van der Waals surface area contributed by atoms with Gasteiger partial charge in [0.25, 0.3) is 17.7 Å². The summed E-state index contributed by atoms with van der Waals surface area (Å²) in [6.07, 6.45) is 8.27. The number of likely N-dealkylation sites (tertiary alicyclic amines) is 2. The van der Waals surface area contributed by atoms with Crippen LogP contribution in [0.1, 0.15) is 118 Å². The molecule has 9 rings (SSSR count). The highest BCUT2D eigenvalue weighted by molar-refractivity contribution is 6.31. The Kier molecular flexibility index (Phi) is 17.0. The lowest BCUT2D eigenvalue weighted by atomic mass is 9.97. The first-order valence-electron chi connectivity index (χ1n) is 25.3. The molecule has 1 N–H and O–H groups in total. The lowest BCUT2D eigenvalue weighted by Crippen LogP contribution is -2.58. The number of ether oxygens (including phenoxy) is 1. The van der Waals surface area contributed by atoms with Crippen molar-refractivity contribution in [3.63, 3.8) is 0 Å². The Labute approximate surface area is 423 Å². The van der Waals surface area contributed by atoms with Gasteiger partial charge >= 0.3 is 5.97 Å². The van der Waals surface area contributed by atoms with E-state index in [2.05, 4.69) is 54.8 Å². The van der Waals surface area contributed by atoms with E-state index in [1.165, 1.54) is 7.11 Å². The van der Waals surface area contributed by atoms with Crippen LogP contribution < -0.4 is 15.1 Å². The van der Waals surface area contributed by atoms with Gasteiger partial charge in [-0.3, -0.25) is 24.2 Å². The van der Waals surface area contributed by atoms with E-state index in [1.807, 2.05) is 47.9 Å². The number of pyridine rings is 2. The van der Waals surface area contributed by atoms with Crippen LogP contribution in [0.2, 0.25) is 10.0 Å². The standard InChI is InChI=1S/C28H36ClN5O2.C26H33ClN4O3/c1-3-23-18-33(26-11-10-25(30-19(26)2)27(35)31-22-8-9-22)16-17-34(23)24-12-14-32(15-13-24)28(36)20-4-6-21(29)7-5-20;1-4-21-17-30(24-10-9-23(26(33)34-3)28-18(24)2)15-16-31(21)22-11-13-29(14-12-22)25(32)19-5-7-20(27)8-6-19/h4-7,10-11,22-24H,3,8-9,12-18H2,1-2H3,(H,31,35);5-10,21-22H,4,11-17H2,1-3H3/t23-;21-/m00/s1. The second-order valence-electron chi connectivity index (χ2n) is 19.4. The quantitative estimate of drug-likeness (QED) is 0.146. The van der Waals surface area contributed by atoms with Gasteiger partial charge < -0.3 is 29.7 Å². The summed E-state index contributed by atoms with van der Waals surface area (Å²) in [7, 11) is 1.37.